The first-order valence-electron chi connectivity index (χ1n) is 6.59. The molecule has 0 spiro atoms. The maximum absolute atomic E-state index is 12.9. The van der Waals surface area contributed by atoms with Gasteiger partial charge in [-0.25, -0.2) is 4.39 Å². The molecule has 4 heteroatoms. The highest BCUT2D eigenvalue weighted by Crippen LogP contribution is 2.09. The van der Waals surface area contributed by atoms with Gasteiger partial charge in [-0.05, 0) is 44.3 Å². The summed E-state index contributed by atoms with van der Waals surface area (Å²) in [5.74, 6) is 0.0577. The summed E-state index contributed by atoms with van der Waals surface area (Å²) in [6, 6.07) is 5.74. The van der Waals surface area contributed by atoms with E-state index >= 15 is 0 Å². The molecule has 1 rings (SSSR count). The van der Waals surface area contributed by atoms with E-state index in [4.69, 9.17) is 0 Å². The predicted octanol–water partition coefficient (Wildman–Crippen LogP) is 2.49. The average molecular weight is 266 g/mol. The summed E-state index contributed by atoms with van der Waals surface area (Å²) in [4.78, 5) is 16.3. The minimum atomic E-state index is -0.319. The van der Waals surface area contributed by atoms with E-state index in [-0.39, 0.29) is 11.7 Å². The molecule has 0 aliphatic carbocycles. The van der Waals surface area contributed by atoms with Crippen LogP contribution in [0, 0.1) is 11.7 Å². The van der Waals surface area contributed by atoms with Gasteiger partial charge in [0.05, 0.1) is 0 Å². The lowest BCUT2D eigenvalue weighted by Crippen LogP contribution is -2.39. The zero-order chi connectivity index (χ0) is 14.4. The van der Waals surface area contributed by atoms with E-state index in [1.165, 1.54) is 12.1 Å². The molecule has 0 bridgehead atoms. The molecule has 0 unspecified atom stereocenters. The summed E-state index contributed by atoms with van der Waals surface area (Å²) in [5.41, 5.74) is 0.542. The van der Waals surface area contributed by atoms with Crippen LogP contribution >= 0.6 is 0 Å². The standard InChI is InChI=1S/C15H23FN2O/c1-12(2)11-18(10-9-17(3)4)15(19)13-5-7-14(16)8-6-13/h5-8,12H,9-11H2,1-4H3. The van der Waals surface area contributed by atoms with Crippen LogP contribution in [0.2, 0.25) is 0 Å². The summed E-state index contributed by atoms with van der Waals surface area (Å²) in [6.07, 6.45) is 0. The molecule has 1 aromatic rings. The lowest BCUT2D eigenvalue weighted by atomic mass is 10.1. The van der Waals surface area contributed by atoms with Gasteiger partial charge in [-0.3, -0.25) is 4.79 Å². The van der Waals surface area contributed by atoms with Crippen molar-refractivity contribution >= 4 is 5.91 Å². The third-order valence-corrected chi connectivity index (χ3v) is 2.78. The maximum atomic E-state index is 12.9. The molecule has 19 heavy (non-hydrogen) atoms. The van der Waals surface area contributed by atoms with E-state index in [1.54, 1.807) is 12.1 Å². The van der Waals surface area contributed by atoms with Crippen LogP contribution in [0.15, 0.2) is 24.3 Å². The number of likely N-dealkylation sites (N-methyl/N-ethyl adjacent to an activating group) is 1. The molecule has 0 aliphatic heterocycles. The highest BCUT2D eigenvalue weighted by Gasteiger charge is 2.16. The van der Waals surface area contributed by atoms with Crippen molar-refractivity contribution < 1.29 is 9.18 Å². The largest absolute Gasteiger partial charge is 0.337 e. The molecular formula is C15H23FN2O. The van der Waals surface area contributed by atoms with Crippen molar-refractivity contribution in [2.24, 2.45) is 5.92 Å². The number of hydrogen-bond acceptors (Lipinski definition) is 2. The second kappa shape index (κ2) is 7.24. The van der Waals surface area contributed by atoms with Gasteiger partial charge in [0.25, 0.3) is 5.91 Å². The molecule has 0 fully saturated rings. The van der Waals surface area contributed by atoms with Crippen LogP contribution in [0.5, 0.6) is 0 Å². The smallest absolute Gasteiger partial charge is 0.253 e. The van der Waals surface area contributed by atoms with Crippen molar-refractivity contribution in [1.82, 2.24) is 9.80 Å². The molecule has 0 saturated heterocycles. The monoisotopic (exact) mass is 266 g/mol. The van der Waals surface area contributed by atoms with Gasteiger partial charge in [0.1, 0.15) is 5.82 Å². The van der Waals surface area contributed by atoms with Gasteiger partial charge in [0.15, 0.2) is 0 Å². The van der Waals surface area contributed by atoms with Crippen molar-refractivity contribution in [3.8, 4) is 0 Å². The van der Waals surface area contributed by atoms with Gasteiger partial charge < -0.3 is 9.80 Å². The molecule has 3 nitrogen and oxygen atoms in total. The van der Waals surface area contributed by atoms with Crippen LogP contribution in [-0.2, 0) is 0 Å². The molecule has 0 aromatic heterocycles. The van der Waals surface area contributed by atoms with Crippen molar-refractivity contribution in [3.05, 3.63) is 35.6 Å². The fourth-order valence-corrected chi connectivity index (χ4v) is 1.81. The third kappa shape index (κ3) is 5.39. The number of halogens is 1. The van der Waals surface area contributed by atoms with Gasteiger partial charge in [0, 0.05) is 25.2 Å². The van der Waals surface area contributed by atoms with Crippen LogP contribution in [0.25, 0.3) is 0 Å². The quantitative estimate of drug-likeness (QED) is 0.790. The van der Waals surface area contributed by atoms with Gasteiger partial charge in [-0.15, -0.1) is 0 Å². The number of carbonyl (C=O) groups is 1. The number of benzene rings is 1. The van der Waals surface area contributed by atoms with Crippen molar-refractivity contribution in [2.45, 2.75) is 13.8 Å². The Morgan fingerprint density at radius 2 is 1.74 bits per heavy atom. The molecule has 1 aromatic carbocycles. The van der Waals surface area contributed by atoms with Gasteiger partial charge >= 0.3 is 0 Å². The molecule has 106 valence electrons. The molecule has 0 radical (unpaired) electrons. The van der Waals surface area contributed by atoms with E-state index in [0.717, 1.165) is 6.54 Å². The van der Waals surface area contributed by atoms with E-state index in [0.29, 0.717) is 24.6 Å². The second-order valence-electron chi connectivity index (χ2n) is 5.46. The van der Waals surface area contributed by atoms with Crippen molar-refractivity contribution in [1.29, 1.82) is 0 Å². The van der Waals surface area contributed by atoms with Gasteiger partial charge in [-0.2, -0.15) is 0 Å². The van der Waals surface area contributed by atoms with E-state index in [2.05, 4.69) is 13.8 Å². The molecule has 0 atom stereocenters. The minimum absolute atomic E-state index is 0.0319. The first kappa shape index (κ1) is 15.6. The fraction of sp³-hybridized carbons (Fsp3) is 0.533. The van der Waals surface area contributed by atoms with Crippen LogP contribution in [0.1, 0.15) is 24.2 Å². The van der Waals surface area contributed by atoms with Crippen LogP contribution in [0.3, 0.4) is 0 Å². The first-order valence-corrected chi connectivity index (χ1v) is 6.59. The van der Waals surface area contributed by atoms with Gasteiger partial charge in [0.2, 0.25) is 0 Å². The number of hydrogen-bond donors (Lipinski definition) is 0. The van der Waals surface area contributed by atoms with E-state index < -0.39 is 0 Å². The van der Waals surface area contributed by atoms with Gasteiger partial charge in [-0.1, -0.05) is 13.8 Å². The Labute approximate surface area is 115 Å². The SMILES string of the molecule is CC(C)CN(CCN(C)C)C(=O)c1ccc(F)cc1. The number of nitrogens with zero attached hydrogens (tertiary/aromatic N) is 2. The number of rotatable bonds is 6. The van der Waals surface area contributed by atoms with E-state index in [9.17, 15) is 9.18 Å². The highest BCUT2D eigenvalue weighted by molar-refractivity contribution is 5.94. The topological polar surface area (TPSA) is 23.6 Å². The lowest BCUT2D eigenvalue weighted by molar-refractivity contribution is 0.0724. The molecule has 1 amide bonds. The molecule has 0 N–H and O–H groups in total. The number of carbonyl (C=O) groups excluding carboxylic acids is 1. The normalized spacial score (nSPS) is 11.1. The summed E-state index contributed by atoms with van der Waals surface area (Å²) >= 11 is 0. The Bertz CT molecular complexity index is 401. The predicted molar refractivity (Wildman–Crippen MR) is 75.7 cm³/mol. The molecule has 0 heterocycles. The third-order valence-electron chi connectivity index (χ3n) is 2.78. The van der Waals surface area contributed by atoms with Crippen LogP contribution in [0.4, 0.5) is 4.39 Å². The molecule has 0 aliphatic rings. The second-order valence-corrected chi connectivity index (χ2v) is 5.46. The lowest BCUT2D eigenvalue weighted by Gasteiger charge is -2.26. The van der Waals surface area contributed by atoms with Crippen molar-refractivity contribution in [3.63, 3.8) is 0 Å². The Hall–Kier alpha value is -1.42. The Kier molecular flexibility index (Phi) is 5.96. The highest BCUT2D eigenvalue weighted by atomic mass is 19.1. The zero-order valence-corrected chi connectivity index (χ0v) is 12.2. The Balaban J connectivity index is 2.77. The Morgan fingerprint density at radius 3 is 2.21 bits per heavy atom. The summed E-state index contributed by atoms with van der Waals surface area (Å²) < 4.78 is 12.9. The van der Waals surface area contributed by atoms with E-state index in [1.807, 2.05) is 23.9 Å². The van der Waals surface area contributed by atoms with Crippen LogP contribution < -0.4 is 0 Å². The molecular weight excluding hydrogens is 243 g/mol. The average Bonchev–Trinajstić information content (AvgIpc) is 2.34. The summed E-state index contributed by atoms with van der Waals surface area (Å²) in [7, 11) is 3.96. The summed E-state index contributed by atoms with van der Waals surface area (Å²) in [6.45, 7) is 6.38. The van der Waals surface area contributed by atoms with Crippen LogP contribution in [-0.4, -0.2) is 49.4 Å². The number of amides is 1. The summed E-state index contributed by atoms with van der Waals surface area (Å²) in [5, 5.41) is 0. The Morgan fingerprint density at radius 1 is 1.16 bits per heavy atom. The first-order chi connectivity index (χ1) is 8.90. The fourth-order valence-electron chi connectivity index (χ4n) is 1.81. The minimum Gasteiger partial charge on any atom is -0.337 e. The zero-order valence-electron chi connectivity index (χ0n) is 12.2. The maximum Gasteiger partial charge on any atom is 0.253 e. The van der Waals surface area contributed by atoms with Crippen molar-refractivity contribution in [2.75, 3.05) is 33.7 Å². The molecule has 0 saturated carbocycles.